The zero-order valence-corrected chi connectivity index (χ0v) is 18.0. The molecule has 1 aliphatic carbocycles. The van der Waals surface area contributed by atoms with E-state index in [0.29, 0.717) is 12.8 Å². The van der Waals surface area contributed by atoms with Crippen molar-refractivity contribution >= 4 is 11.9 Å². The number of aliphatic hydroxyl groups is 1. The quantitative estimate of drug-likeness (QED) is 0.572. The summed E-state index contributed by atoms with van der Waals surface area (Å²) in [4.78, 5) is 23.7. The van der Waals surface area contributed by atoms with E-state index in [1.807, 2.05) is 44.2 Å². The fourth-order valence-electron chi connectivity index (χ4n) is 3.87. The van der Waals surface area contributed by atoms with Gasteiger partial charge in [0.1, 0.15) is 12.7 Å². The minimum Gasteiger partial charge on any atom is -0.463 e. The van der Waals surface area contributed by atoms with Gasteiger partial charge in [-0.1, -0.05) is 44.2 Å². The lowest BCUT2D eigenvalue weighted by Gasteiger charge is -2.42. The molecule has 1 aliphatic rings. The Balaban J connectivity index is 2.14. The first-order valence-corrected chi connectivity index (χ1v) is 10.1. The number of benzene rings is 1. The number of carbonyl (C=O) groups excluding carboxylic acids is 2. The Hall–Kier alpha value is -2.36. The summed E-state index contributed by atoms with van der Waals surface area (Å²) >= 11 is 0. The molecule has 0 spiro atoms. The van der Waals surface area contributed by atoms with Crippen molar-refractivity contribution in [3.05, 3.63) is 53.3 Å². The van der Waals surface area contributed by atoms with Crippen molar-refractivity contribution in [1.29, 1.82) is 0 Å². The topological polar surface area (TPSA) is 72.8 Å². The summed E-state index contributed by atoms with van der Waals surface area (Å²) in [5.41, 5.74) is 4.85. The fourth-order valence-corrected chi connectivity index (χ4v) is 3.87. The fraction of sp³-hybridized carbons (Fsp3) is 0.542. The summed E-state index contributed by atoms with van der Waals surface area (Å²) in [5.74, 6) is -1.27. The van der Waals surface area contributed by atoms with Gasteiger partial charge in [0, 0.05) is 12.8 Å². The molecule has 1 aromatic carbocycles. The van der Waals surface area contributed by atoms with Crippen LogP contribution in [0.5, 0.6) is 0 Å². The van der Waals surface area contributed by atoms with Crippen molar-refractivity contribution in [2.24, 2.45) is 17.3 Å². The second-order valence-corrected chi connectivity index (χ2v) is 8.51. The van der Waals surface area contributed by atoms with Crippen molar-refractivity contribution in [2.75, 3.05) is 0 Å². The van der Waals surface area contributed by atoms with Crippen LogP contribution in [0.1, 0.15) is 53.0 Å². The second kappa shape index (κ2) is 9.91. The van der Waals surface area contributed by atoms with E-state index in [4.69, 9.17) is 9.47 Å². The van der Waals surface area contributed by atoms with Gasteiger partial charge in [0.15, 0.2) is 0 Å². The smallest absolute Gasteiger partial charge is 0.313 e. The van der Waals surface area contributed by atoms with Gasteiger partial charge in [0.05, 0.1) is 12.0 Å². The standard InChI is InChI=1S/C24H32O5/c1-16(23(27)28-15-19-9-7-6-8-10-19)11-12-22-21(17(2)25)13-20(29-18(3)26)14-24(22,4)5/h6-11,16-17,20-21,25H,13-15H2,1-5H3/t12?,16?,17?,20-,21+/m1/s1. The summed E-state index contributed by atoms with van der Waals surface area (Å²) < 4.78 is 10.8. The molecule has 0 aliphatic heterocycles. The first-order valence-electron chi connectivity index (χ1n) is 10.1. The number of hydrogen-bond acceptors (Lipinski definition) is 5. The maximum atomic E-state index is 12.3. The lowest BCUT2D eigenvalue weighted by Crippen LogP contribution is -2.40. The van der Waals surface area contributed by atoms with Crippen molar-refractivity contribution < 1.29 is 24.2 Å². The van der Waals surface area contributed by atoms with Gasteiger partial charge in [-0.2, -0.15) is 0 Å². The van der Waals surface area contributed by atoms with E-state index in [0.717, 1.165) is 11.1 Å². The highest BCUT2D eigenvalue weighted by Gasteiger charge is 2.41. The van der Waals surface area contributed by atoms with Crippen LogP contribution in [0.3, 0.4) is 0 Å². The summed E-state index contributed by atoms with van der Waals surface area (Å²) in [6.07, 6.45) is 2.07. The van der Waals surface area contributed by atoms with E-state index in [2.05, 4.69) is 5.73 Å². The lowest BCUT2D eigenvalue weighted by atomic mass is 9.65. The van der Waals surface area contributed by atoms with E-state index in [-0.39, 0.29) is 36.0 Å². The van der Waals surface area contributed by atoms with E-state index < -0.39 is 12.0 Å². The molecule has 0 heterocycles. The number of esters is 2. The van der Waals surface area contributed by atoms with Gasteiger partial charge in [0.2, 0.25) is 0 Å². The first kappa shape index (κ1) is 22.9. The molecule has 5 heteroatoms. The van der Waals surface area contributed by atoms with Crippen LogP contribution in [-0.4, -0.2) is 29.3 Å². The molecule has 0 aromatic heterocycles. The molecule has 29 heavy (non-hydrogen) atoms. The first-order chi connectivity index (χ1) is 13.6. The maximum Gasteiger partial charge on any atom is 0.313 e. The average molecular weight is 401 g/mol. The third-order valence-corrected chi connectivity index (χ3v) is 5.35. The average Bonchev–Trinajstić information content (AvgIpc) is 2.64. The van der Waals surface area contributed by atoms with Crippen LogP contribution in [0.2, 0.25) is 0 Å². The zero-order chi connectivity index (χ0) is 21.6. The summed E-state index contributed by atoms with van der Waals surface area (Å²) in [5, 5.41) is 10.3. The molecule has 2 rings (SSSR count). The molecule has 1 fully saturated rings. The highest BCUT2D eigenvalue weighted by Crippen LogP contribution is 2.45. The van der Waals surface area contributed by atoms with Crippen molar-refractivity contribution in [2.45, 2.75) is 66.3 Å². The SMILES string of the molecule is CC(=O)O[C@@H]1C[C@@H](C(C)O)C(=C=CC(C)C(=O)OCc2ccccc2)C(C)(C)C1. The van der Waals surface area contributed by atoms with E-state index >= 15 is 0 Å². The Morgan fingerprint density at radius 3 is 2.52 bits per heavy atom. The second-order valence-electron chi connectivity index (χ2n) is 8.51. The third-order valence-electron chi connectivity index (χ3n) is 5.35. The normalized spacial score (nSPS) is 22.8. The number of hydrogen-bond donors (Lipinski definition) is 1. The Labute approximate surface area is 173 Å². The summed E-state index contributed by atoms with van der Waals surface area (Å²) in [7, 11) is 0. The Morgan fingerprint density at radius 1 is 1.28 bits per heavy atom. The van der Waals surface area contributed by atoms with Gasteiger partial charge in [-0.3, -0.25) is 9.59 Å². The largest absolute Gasteiger partial charge is 0.463 e. The van der Waals surface area contributed by atoms with E-state index in [1.165, 1.54) is 6.92 Å². The van der Waals surface area contributed by atoms with Crippen LogP contribution in [0.4, 0.5) is 0 Å². The zero-order valence-electron chi connectivity index (χ0n) is 18.0. The molecule has 4 atom stereocenters. The minimum atomic E-state index is -0.608. The number of ether oxygens (including phenoxy) is 2. The highest BCUT2D eigenvalue weighted by atomic mass is 16.5. The molecule has 1 saturated carbocycles. The van der Waals surface area contributed by atoms with Gasteiger partial charge in [-0.25, -0.2) is 0 Å². The van der Waals surface area contributed by atoms with Crippen LogP contribution in [-0.2, 0) is 25.7 Å². The van der Waals surface area contributed by atoms with Gasteiger partial charge >= 0.3 is 11.9 Å². The molecule has 1 aromatic rings. The molecule has 0 saturated heterocycles. The van der Waals surface area contributed by atoms with Crippen LogP contribution in [0.15, 0.2) is 47.7 Å². The highest BCUT2D eigenvalue weighted by molar-refractivity contribution is 5.74. The summed E-state index contributed by atoms with van der Waals surface area (Å²) in [6, 6.07) is 9.54. The molecule has 0 bridgehead atoms. The number of rotatable bonds is 6. The van der Waals surface area contributed by atoms with Crippen LogP contribution < -0.4 is 0 Å². The molecule has 0 amide bonds. The number of aliphatic hydroxyl groups excluding tert-OH is 1. The predicted octanol–water partition coefficient (Wildman–Crippen LogP) is 4.20. The monoisotopic (exact) mass is 400 g/mol. The molecule has 1 N–H and O–H groups in total. The van der Waals surface area contributed by atoms with Crippen LogP contribution >= 0.6 is 0 Å². The van der Waals surface area contributed by atoms with E-state index in [9.17, 15) is 14.7 Å². The maximum absolute atomic E-state index is 12.3. The minimum absolute atomic E-state index is 0.188. The van der Waals surface area contributed by atoms with Crippen LogP contribution in [0, 0.1) is 17.3 Å². The third kappa shape index (κ3) is 6.59. The molecule has 2 unspecified atom stereocenters. The van der Waals surface area contributed by atoms with Gasteiger partial charge in [-0.15, -0.1) is 5.73 Å². The molecule has 5 nitrogen and oxygen atoms in total. The van der Waals surface area contributed by atoms with Crippen molar-refractivity contribution in [1.82, 2.24) is 0 Å². The van der Waals surface area contributed by atoms with Crippen molar-refractivity contribution in [3.8, 4) is 0 Å². The van der Waals surface area contributed by atoms with Gasteiger partial charge < -0.3 is 14.6 Å². The Bertz CT molecular complexity index is 772. The van der Waals surface area contributed by atoms with Crippen molar-refractivity contribution in [3.63, 3.8) is 0 Å². The lowest BCUT2D eigenvalue weighted by molar-refractivity contribution is -0.150. The molecular formula is C24H32O5. The Morgan fingerprint density at radius 2 is 1.93 bits per heavy atom. The molecular weight excluding hydrogens is 368 g/mol. The molecule has 0 radical (unpaired) electrons. The number of carbonyl (C=O) groups is 2. The Kier molecular flexibility index (Phi) is 7.83. The van der Waals surface area contributed by atoms with Crippen LogP contribution in [0.25, 0.3) is 0 Å². The van der Waals surface area contributed by atoms with Gasteiger partial charge in [0.25, 0.3) is 0 Å². The van der Waals surface area contributed by atoms with Gasteiger partial charge in [-0.05, 0) is 49.3 Å². The van der Waals surface area contributed by atoms with E-state index in [1.54, 1.807) is 19.9 Å². The summed E-state index contributed by atoms with van der Waals surface area (Å²) in [6.45, 7) is 9.24. The predicted molar refractivity (Wildman–Crippen MR) is 111 cm³/mol. The molecule has 158 valence electrons.